The summed E-state index contributed by atoms with van der Waals surface area (Å²) in [5.41, 5.74) is 2.89. The molecule has 3 heterocycles. The van der Waals surface area contributed by atoms with Gasteiger partial charge in [-0.3, -0.25) is 0 Å². The molecule has 0 bridgehead atoms. The molecule has 1 aliphatic rings. The fourth-order valence-electron chi connectivity index (χ4n) is 2.93. The van der Waals surface area contributed by atoms with E-state index in [0.717, 1.165) is 37.4 Å². The van der Waals surface area contributed by atoms with E-state index in [1.54, 1.807) is 16.2 Å². The number of carbonyl (C=O) groups excluding carboxylic acids is 1. The third-order valence-electron chi connectivity index (χ3n) is 3.94. The molecule has 2 aromatic rings. The van der Waals surface area contributed by atoms with E-state index in [2.05, 4.69) is 19.9 Å². The number of carbonyl (C=O) groups is 1. The first-order chi connectivity index (χ1) is 11.1. The molecule has 0 saturated carbocycles. The van der Waals surface area contributed by atoms with Gasteiger partial charge in [0.15, 0.2) is 0 Å². The molecule has 1 saturated heterocycles. The van der Waals surface area contributed by atoms with Gasteiger partial charge in [-0.15, -0.1) is 11.3 Å². The number of thiazole rings is 1. The van der Waals surface area contributed by atoms with Crippen LogP contribution in [0.15, 0.2) is 23.3 Å². The maximum atomic E-state index is 12.1. The normalized spacial score (nSPS) is 18.4. The minimum Gasteiger partial charge on any atom is -0.447 e. The molecule has 0 aliphatic carbocycles. The van der Waals surface area contributed by atoms with Gasteiger partial charge in [0.2, 0.25) is 0 Å². The van der Waals surface area contributed by atoms with Gasteiger partial charge < -0.3 is 14.2 Å². The summed E-state index contributed by atoms with van der Waals surface area (Å²) in [5.74, 6) is 1.28. The lowest BCUT2D eigenvalue weighted by molar-refractivity contribution is 0.0675. The lowest BCUT2D eigenvalue weighted by Crippen LogP contribution is -2.40. The highest BCUT2D eigenvalue weighted by Crippen LogP contribution is 2.26. The molecule has 1 fully saturated rings. The van der Waals surface area contributed by atoms with Crippen molar-refractivity contribution in [1.29, 1.82) is 0 Å². The molecule has 124 valence electrons. The van der Waals surface area contributed by atoms with Crippen molar-refractivity contribution in [3.63, 3.8) is 0 Å². The highest BCUT2D eigenvalue weighted by molar-refractivity contribution is 7.07. The molecular formula is C16H22N4O2S. The molecule has 1 amide bonds. The van der Waals surface area contributed by atoms with Crippen molar-refractivity contribution >= 4 is 17.4 Å². The fourth-order valence-corrected chi connectivity index (χ4v) is 3.48. The van der Waals surface area contributed by atoms with Crippen LogP contribution < -0.4 is 0 Å². The van der Waals surface area contributed by atoms with E-state index >= 15 is 0 Å². The van der Waals surface area contributed by atoms with Crippen LogP contribution in [0.1, 0.15) is 44.1 Å². The SMILES string of the molecule is CC(C)OC(=O)N1CCC[C@@H](c2nccn2Cc2cscn2)C1. The lowest BCUT2D eigenvalue weighted by atomic mass is 9.97. The van der Waals surface area contributed by atoms with Crippen LogP contribution >= 0.6 is 11.3 Å². The fraction of sp³-hybridized carbons (Fsp3) is 0.562. The second kappa shape index (κ2) is 7.12. The Hall–Kier alpha value is -1.89. The molecule has 2 aromatic heterocycles. The number of amides is 1. The zero-order valence-corrected chi connectivity index (χ0v) is 14.3. The van der Waals surface area contributed by atoms with Gasteiger partial charge >= 0.3 is 6.09 Å². The molecule has 0 radical (unpaired) electrons. The zero-order chi connectivity index (χ0) is 16.2. The summed E-state index contributed by atoms with van der Waals surface area (Å²) < 4.78 is 7.46. The quantitative estimate of drug-likeness (QED) is 0.862. The smallest absolute Gasteiger partial charge is 0.410 e. The third kappa shape index (κ3) is 3.90. The highest BCUT2D eigenvalue weighted by atomic mass is 32.1. The molecule has 23 heavy (non-hydrogen) atoms. The van der Waals surface area contributed by atoms with Crippen molar-refractivity contribution in [3.05, 3.63) is 34.8 Å². The molecule has 3 rings (SSSR count). The van der Waals surface area contributed by atoms with E-state index in [1.165, 1.54) is 0 Å². The third-order valence-corrected chi connectivity index (χ3v) is 4.58. The Labute approximate surface area is 140 Å². The van der Waals surface area contributed by atoms with Gasteiger partial charge in [0.25, 0.3) is 0 Å². The van der Waals surface area contributed by atoms with Crippen molar-refractivity contribution in [1.82, 2.24) is 19.4 Å². The molecule has 1 atom stereocenters. The van der Waals surface area contributed by atoms with Gasteiger partial charge in [0, 0.05) is 36.8 Å². The van der Waals surface area contributed by atoms with Gasteiger partial charge in [-0.25, -0.2) is 14.8 Å². The van der Waals surface area contributed by atoms with Crippen LogP contribution in [0.3, 0.4) is 0 Å². The van der Waals surface area contributed by atoms with Crippen molar-refractivity contribution < 1.29 is 9.53 Å². The van der Waals surface area contributed by atoms with Crippen LogP contribution in [0, 0.1) is 0 Å². The van der Waals surface area contributed by atoms with Gasteiger partial charge in [0.05, 0.1) is 23.9 Å². The van der Waals surface area contributed by atoms with Crippen LogP contribution in [0.4, 0.5) is 4.79 Å². The van der Waals surface area contributed by atoms with Gasteiger partial charge in [-0.05, 0) is 26.7 Å². The number of likely N-dealkylation sites (tertiary alicyclic amines) is 1. The predicted octanol–water partition coefficient (Wildman–Crippen LogP) is 3.11. The Morgan fingerprint density at radius 1 is 1.48 bits per heavy atom. The number of hydrogen-bond donors (Lipinski definition) is 0. The average Bonchev–Trinajstić information content (AvgIpc) is 3.19. The Kier molecular flexibility index (Phi) is 4.95. The number of hydrogen-bond acceptors (Lipinski definition) is 5. The van der Waals surface area contributed by atoms with Gasteiger partial charge in [-0.1, -0.05) is 0 Å². The van der Waals surface area contributed by atoms with E-state index in [1.807, 2.05) is 31.8 Å². The van der Waals surface area contributed by atoms with Crippen molar-refractivity contribution in [2.75, 3.05) is 13.1 Å². The first-order valence-corrected chi connectivity index (χ1v) is 8.91. The molecule has 6 nitrogen and oxygen atoms in total. The minimum atomic E-state index is -0.220. The van der Waals surface area contributed by atoms with Crippen LogP contribution in [0.2, 0.25) is 0 Å². The first kappa shape index (κ1) is 16.0. The molecule has 7 heteroatoms. The highest BCUT2D eigenvalue weighted by Gasteiger charge is 2.28. The van der Waals surface area contributed by atoms with Gasteiger partial charge in [0.1, 0.15) is 5.82 Å². The molecular weight excluding hydrogens is 312 g/mol. The van der Waals surface area contributed by atoms with E-state index in [0.29, 0.717) is 6.54 Å². The molecule has 0 aromatic carbocycles. The number of aromatic nitrogens is 3. The number of rotatable bonds is 4. The molecule has 1 aliphatic heterocycles. The second-order valence-corrected chi connectivity index (χ2v) is 6.83. The van der Waals surface area contributed by atoms with Crippen LogP contribution in [0.5, 0.6) is 0 Å². The minimum absolute atomic E-state index is 0.0884. The van der Waals surface area contributed by atoms with E-state index in [4.69, 9.17) is 4.74 Å². The Morgan fingerprint density at radius 2 is 2.35 bits per heavy atom. The van der Waals surface area contributed by atoms with E-state index in [-0.39, 0.29) is 18.1 Å². The Balaban J connectivity index is 1.69. The summed E-state index contributed by atoms with van der Waals surface area (Å²) in [4.78, 5) is 22.8. The summed E-state index contributed by atoms with van der Waals surface area (Å²) in [5, 5.41) is 2.05. The monoisotopic (exact) mass is 334 g/mol. The maximum Gasteiger partial charge on any atom is 0.410 e. The van der Waals surface area contributed by atoms with Crippen molar-refractivity contribution in [2.24, 2.45) is 0 Å². The molecule has 0 spiro atoms. The van der Waals surface area contributed by atoms with Crippen LogP contribution in [-0.2, 0) is 11.3 Å². The predicted molar refractivity (Wildman–Crippen MR) is 88.6 cm³/mol. The number of imidazole rings is 1. The number of piperidine rings is 1. The number of nitrogens with zero attached hydrogens (tertiary/aromatic N) is 4. The lowest BCUT2D eigenvalue weighted by Gasteiger charge is -2.32. The van der Waals surface area contributed by atoms with E-state index in [9.17, 15) is 4.79 Å². The molecule has 0 unspecified atom stereocenters. The van der Waals surface area contributed by atoms with E-state index < -0.39 is 0 Å². The summed E-state index contributed by atoms with van der Waals surface area (Å²) in [6, 6.07) is 0. The summed E-state index contributed by atoms with van der Waals surface area (Å²) in [7, 11) is 0. The Morgan fingerprint density at radius 3 is 3.09 bits per heavy atom. The second-order valence-electron chi connectivity index (χ2n) is 6.11. The van der Waals surface area contributed by atoms with Crippen molar-refractivity contribution in [2.45, 2.75) is 45.3 Å². The topological polar surface area (TPSA) is 60.2 Å². The first-order valence-electron chi connectivity index (χ1n) is 7.97. The van der Waals surface area contributed by atoms with Crippen LogP contribution in [-0.4, -0.2) is 44.7 Å². The van der Waals surface area contributed by atoms with Gasteiger partial charge in [-0.2, -0.15) is 0 Å². The molecule has 0 N–H and O–H groups in total. The summed E-state index contributed by atoms with van der Waals surface area (Å²) in [6.45, 7) is 5.90. The summed E-state index contributed by atoms with van der Waals surface area (Å²) >= 11 is 1.60. The number of ether oxygens (including phenoxy) is 1. The van der Waals surface area contributed by atoms with Crippen molar-refractivity contribution in [3.8, 4) is 0 Å². The van der Waals surface area contributed by atoms with Crippen LogP contribution in [0.25, 0.3) is 0 Å². The maximum absolute atomic E-state index is 12.1. The summed E-state index contributed by atoms with van der Waals surface area (Å²) in [6.07, 6.45) is 5.52. The standard InChI is InChI=1S/C16H22N4O2S/c1-12(2)22-16(21)20-6-3-4-13(8-20)15-17-5-7-19(15)9-14-10-23-11-18-14/h5,7,10-13H,3-4,6,8-9H2,1-2H3/t13-/m1/s1. The largest absolute Gasteiger partial charge is 0.447 e. The average molecular weight is 334 g/mol. The zero-order valence-electron chi connectivity index (χ0n) is 13.5. The Bertz CT molecular complexity index is 638.